The minimum Gasteiger partial charge on any atom is -0.298 e. The Labute approximate surface area is 119 Å². The average molecular weight is 264 g/mol. The lowest BCUT2D eigenvalue weighted by atomic mass is 9.91. The molecule has 0 aromatic carbocycles. The predicted octanol–water partition coefficient (Wildman–Crippen LogP) is 3.37. The number of fused-ring (bicyclic) bond motifs is 1. The summed E-state index contributed by atoms with van der Waals surface area (Å²) < 4.78 is 0. The Morgan fingerprint density at radius 1 is 1.00 bits per heavy atom. The van der Waals surface area contributed by atoms with Crippen molar-refractivity contribution in [3.8, 4) is 0 Å². The standard InChI is InChI=1S/C17H32N2/c1-4-14-8-9-17(13(14)3)19-12-16-7-6-10-18(16)11-15(19)5-2/h13-17H,4-12H2,1-3H3. The van der Waals surface area contributed by atoms with Crippen LogP contribution < -0.4 is 0 Å². The van der Waals surface area contributed by atoms with Gasteiger partial charge in [-0.2, -0.15) is 0 Å². The summed E-state index contributed by atoms with van der Waals surface area (Å²) in [5.41, 5.74) is 0. The van der Waals surface area contributed by atoms with Gasteiger partial charge in [0.25, 0.3) is 0 Å². The molecule has 5 atom stereocenters. The van der Waals surface area contributed by atoms with Gasteiger partial charge in [0.2, 0.25) is 0 Å². The summed E-state index contributed by atoms with van der Waals surface area (Å²) >= 11 is 0. The Bertz CT molecular complexity index is 304. The topological polar surface area (TPSA) is 6.48 Å². The van der Waals surface area contributed by atoms with Crippen molar-refractivity contribution in [2.24, 2.45) is 11.8 Å². The van der Waals surface area contributed by atoms with Crippen LogP contribution in [-0.2, 0) is 0 Å². The predicted molar refractivity (Wildman–Crippen MR) is 81.3 cm³/mol. The number of piperazine rings is 1. The largest absolute Gasteiger partial charge is 0.298 e. The van der Waals surface area contributed by atoms with E-state index in [2.05, 4.69) is 30.6 Å². The third-order valence-electron chi connectivity index (χ3n) is 6.44. The van der Waals surface area contributed by atoms with E-state index in [9.17, 15) is 0 Å². The van der Waals surface area contributed by atoms with Gasteiger partial charge in [0.05, 0.1) is 0 Å². The van der Waals surface area contributed by atoms with Gasteiger partial charge < -0.3 is 0 Å². The molecule has 3 fully saturated rings. The Hall–Kier alpha value is -0.0800. The fourth-order valence-electron chi connectivity index (χ4n) is 5.15. The van der Waals surface area contributed by atoms with Gasteiger partial charge in [-0.1, -0.05) is 27.2 Å². The zero-order valence-electron chi connectivity index (χ0n) is 13.1. The van der Waals surface area contributed by atoms with Crippen molar-refractivity contribution in [1.82, 2.24) is 9.80 Å². The molecule has 110 valence electrons. The molecule has 2 heterocycles. The van der Waals surface area contributed by atoms with Gasteiger partial charge in [0, 0.05) is 31.2 Å². The van der Waals surface area contributed by atoms with E-state index < -0.39 is 0 Å². The number of rotatable bonds is 3. The summed E-state index contributed by atoms with van der Waals surface area (Å²) in [5.74, 6) is 1.91. The molecule has 2 heteroatoms. The quantitative estimate of drug-likeness (QED) is 0.771. The maximum Gasteiger partial charge on any atom is 0.0224 e. The minimum atomic E-state index is 0.831. The Kier molecular flexibility index (Phi) is 4.19. The summed E-state index contributed by atoms with van der Waals surface area (Å²) in [7, 11) is 0. The van der Waals surface area contributed by atoms with Crippen molar-refractivity contribution in [3.05, 3.63) is 0 Å². The van der Waals surface area contributed by atoms with Crippen LogP contribution in [0.1, 0.15) is 59.3 Å². The van der Waals surface area contributed by atoms with Crippen molar-refractivity contribution in [3.63, 3.8) is 0 Å². The first-order chi connectivity index (χ1) is 9.24. The van der Waals surface area contributed by atoms with Crippen LogP contribution in [0.15, 0.2) is 0 Å². The van der Waals surface area contributed by atoms with Crippen LogP contribution in [0.5, 0.6) is 0 Å². The van der Waals surface area contributed by atoms with Crippen LogP contribution in [0.25, 0.3) is 0 Å². The molecule has 2 saturated heterocycles. The maximum atomic E-state index is 2.94. The summed E-state index contributed by atoms with van der Waals surface area (Å²) in [6, 6.07) is 2.60. The summed E-state index contributed by atoms with van der Waals surface area (Å²) in [5, 5.41) is 0. The highest BCUT2D eigenvalue weighted by Crippen LogP contribution is 2.40. The minimum absolute atomic E-state index is 0.831. The first-order valence-corrected chi connectivity index (χ1v) is 8.74. The zero-order chi connectivity index (χ0) is 13.4. The van der Waals surface area contributed by atoms with Crippen LogP contribution >= 0.6 is 0 Å². The monoisotopic (exact) mass is 264 g/mol. The highest BCUT2D eigenvalue weighted by atomic mass is 15.3. The van der Waals surface area contributed by atoms with Crippen LogP contribution in [0.3, 0.4) is 0 Å². The Balaban J connectivity index is 1.71. The van der Waals surface area contributed by atoms with Crippen molar-refractivity contribution in [2.75, 3.05) is 19.6 Å². The van der Waals surface area contributed by atoms with E-state index in [0.29, 0.717) is 0 Å². The van der Waals surface area contributed by atoms with E-state index in [1.165, 1.54) is 58.2 Å². The fourth-order valence-corrected chi connectivity index (χ4v) is 5.15. The Morgan fingerprint density at radius 2 is 1.84 bits per heavy atom. The molecule has 19 heavy (non-hydrogen) atoms. The fraction of sp³-hybridized carbons (Fsp3) is 1.00. The van der Waals surface area contributed by atoms with Gasteiger partial charge >= 0.3 is 0 Å². The SMILES string of the molecule is CCC1CCC(N2CC3CCCN3CC2CC)C1C. The lowest BCUT2D eigenvalue weighted by Gasteiger charge is -2.47. The number of hydrogen-bond donors (Lipinski definition) is 0. The van der Waals surface area contributed by atoms with Gasteiger partial charge in [0.15, 0.2) is 0 Å². The van der Waals surface area contributed by atoms with Gasteiger partial charge in [-0.15, -0.1) is 0 Å². The van der Waals surface area contributed by atoms with E-state index >= 15 is 0 Å². The lowest BCUT2D eigenvalue weighted by molar-refractivity contribution is 0.00569. The van der Waals surface area contributed by atoms with Crippen molar-refractivity contribution in [1.29, 1.82) is 0 Å². The van der Waals surface area contributed by atoms with Gasteiger partial charge in [-0.25, -0.2) is 0 Å². The second-order valence-electron chi connectivity index (χ2n) is 7.22. The average Bonchev–Trinajstić information content (AvgIpc) is 3.02. The third kappa shape index (κ3) is 2.47. The van der Waals surface area contributed by atoms with E-state index in [0.717, 1.165) is 30.0 Å². The molecule has 5 unspecified atom stereocenters. The van der Waals surface area contributed by atoms with Crippen molar-refractivity contribution in [2.45, 2.75) is 77.4 Å². The zero-order valence-corrected chi connectivity index (χ0v) is 13.1. The first-order valence-electron chi connectivity index (χ1n) is 8.74. The van der Waals surface area contributed by atoms with Crippen LogP contribution in [-0.4, -0.2) is 47.6 Å². The number of nitrogens with zero attached hydrogens (tertiary/aromatic N) is 2. The molecular weight excluding hydrogens is 232 g/mol. The normalized spacial score (nSPS) is 44.7. The first kappa shape index (κ1) is 13.9. The lowest BCUT2D eigenvalue weighted by Crippen LogP contribution is -2.59. The molecule has 0 aromatic heterocycles. The second-order valence-corrected chi connectivity index (χ2v) is 7.22. The molecule has 0 radical (unpaired) electrons. The molecule has 2 aliphatic heterocycles. The molecule has 3 rings (SSSR count). The highest BCUT2D eigenvalue weighted by Gasteiger charge is 2.43. The van der Waals surface area contributed by atoms with Gasteiger partial charge in [0.1, 0.15) is 0 Å². The van der Waals surface area contributed by atoms with Crippen molar-refractivity contribution < 1.29 is 0 Å². The molecule has 0 bridgehead atoms. The highest BCUT2D eigenvalue weighted by molar-refractivity contribution is 4.98. The molecule has 3 aliphatic rings. The van der Waals surface area contributed by atoms with Crippen LogP contribution in [0.4, 0.5) is 0 Å². The molecule has 1 aliphatic carbocycles. The van der Waals surface area contributed by atoms with Crippen LogP contribution in [0.2, 0.25) is 0 Å². The second kappa shape index (κ2) is 5.73. The van der Waals surface area contributed by atoms with Gasteiger partial charge in [-0.3, -0.25) is 9.80 Å². The van der Waals surface area contributed by atoms with Crippen LogP contribution in [0, 0.1) is 11.8 Å². The van der Waals surface area contributed by atoms with E-state index in [4.69, 9.17) is 0 Å². The van der Waals surface area contributed by atoms with Gasteiger partial charge in [-0.05, 0) is 50.5 Å². The van der Waals surface area contributed by atoms with E-state index in [1.54, 1.807) is 0 Å². The molecule has 0 aromatic rings. The molecular formula is C17H32N2. The van der Waals surface area contributed by atoms with E-state index in [1.807, 2.05) is 0 Å². The maximum absolute atomic E-state index is 2.94. The molecule has 2 nitrogen and oxygen atoms in total. The van der Waals surface area contributed by atoms with Crippen molar-refractivity contribution >= 4 is 0 Å². The molecule has 0 amide bonds. The summed E-state index contributed by atoms with van der Waals surface area (Å²) in [6.07, 6.45) is 8.55. The van der Waals surface area contributed by atoms with E-state index in [-0.39, 0.29) is 0 Å². The molecule has 1 saturated carbocycles. The summed E-state index contributed by atoms with van der Waals surface area (Å²) in [4.78, 5) is 5.72. The number of hydrogen-bond acceptors (Lipinski definition) is 2. The Morgan fingerprint density at radius 3 is 2.53 bits per heavy atom. The molecule has 0 N–H and O–H groups in total. The molecule has 0 spiro atoms. The summed E-state index contributed by atoms with van der Waals surface area (Å²) in [6.45, 7) is 11.4. The smallest absolute Gasteiger partial charge is 0.0224 e. The third-order valence-corrected chi connectivity index (χ3v) is 6.44.